The first-order valence-corrected chi connectivity index (χ1v) is 6.37. The van der Waals surface area contributed by atoms with Crippen LogP contribution in [0.3, 0.4) is 0 Å². The molecule has 1 aromatic carbocycles. The highest BCUT2D eigenvalue weighted by Gasteiger charge is 2.10. The maximum atomic E-state index is 13.9. The van der Waals surface area contributed by atoms with E-state index >= 15 is 0 Å². The molecule has 3 N–H and O–H groups in total. The third-order valence-electron chi connectivity index (χ3n) is 2.27. The quantitative estimate of drug-likeness (QED) is 0.395. The summed E-state index contributed by atoms with van der Waals surface area (Å²) in [6.45, 7) is 0. The van der Waals surface area contributed by atoms with Gasteiger partial charge in [0.05, 0.1) is 5.02 Å². The lowest BCUT2D eigenvalue weighted by Crippen LogP contribution is -2.13. The summed E-state index contributed by atoms with van der Waals surface area (Å²) in [5.74, 6) is -0.637. The van der Waals surface area contributed by atoms with E-state index in [9.17, 15) is 4.39 Å². The van der Waals surface area contributed by atoms with Crippen LogP contribution in [0.15, 0.2) is 51.6 Å². The molecule has 1 aromatic heterocycles. The Bertz CT molecular complexity index is 636. The first-order chi connectivity index (χ1) is 9.11. The summed E-state index contributed by atoms with van der Waals surface area (Å²) in [6.07, 6.45) is 1.58. The summed E-state index contributed by atoms with van der Waals surface area (Å²) in [7, 11) is 0. The number of nitrogens with two attached hydrogens (primary N) is 1. The molecule has 7 heteroatoms. The second-order valence-corrected chi connectivity index (χ2v) is 4.96. The van der Waals surface area contributed by atoms with E-state index in [0.717, 1.165) is 11.8 Å². The molecule has 0 radical (unpaired) electrons. The number of aromatic nitrogens is 1. The van der Waals surface area contributed by atoms with Crippen molar-refractivity contribution >= 4 is 29.2 Å². The smallest absolute Gasteiger partial charge is 0.170 e. The van der Waals surface area contributed by atoms with Crippen LogP contribution >= 0.6 is 23.4 Å². The molecule has 0 unspecified atom stereocenters. The highest BCUT2D eigenvalue weighted by Crippen LogP contribution is 2.32. The predicted molar refractivity (Wildman–Crippen MR) is 72.3 cm³/mol. The molecule has 0 atom stereocenters. The lowest BCUT2D eigenvalue weighted by molar-refractivity contribution is 0.318. The average Bonchev–Trinajstić information content (AvgIpc) is 2.42. The van der Waals surface area contributed by atoms with Gasteiger partial charge in [-0.25, -0.2) is 9.37 Å². The topological polar surface area (TPSA) is 71.5 Å². The van der Waals surface area contributed by atoms with Gasteiger partial charge in [-0.1, -0.05) is 28.5 Å². The van der Waals surface area contributed by atoms with E-state index in [-0.39, 0.29) is 5.84 Å². The summed E-state index contributed by atoms with van der Waals surface area (Å²) in [5.41, 5.74) is 5.69. The maximum Gasteiger partial charge on any atom is 0.170 e. The van der Waals surface area contributed by atoms with E-state index in [0.29, 0.717) is 20.5 Å². The van der Waals surface area contributed by atoms with Gasteiger partial charge in [-0.3, -0.25) is 0 Å². The summed E-state index contributed by atoms with van der Waals surface area (Å²) < 4.78 is 13.9. The van der Waals surface area contributed by atoms with Crippen molar-refractivity contribution < 1.29 is 9.60 Å². The molecule has 0 saturated carbocycles. The average molecular weight is 298 g/mol. The number of nitrogens with zero attached hydrogens (tertiary/aromatic N) is 2. The zero-order chi connectivity index (χ0) is 13.8. The van der Waals surface area contributed by atoms with Crippen LogP contribution in [0.4, 0.5) is 4.39 Å². The van der Waals surface area contributed by atoms with Gasteiger partial charge < -0.3 is 10.9 Å². The zero-order valence-corrected chi connectivity index (χ0v) is 11.1. The molecule has 0 aliphatic rings. The fraction of sp³-hybridized carbons (Fsp3) is 0. The first-order valence-electron chi connectivity index (χ1n) is 5.17. The minimum atomic E-state index is -0.490. The molecule has 0 aliphatic heterocycles. The molecule has 1 heterocycles. The summed E-state index contributed by atoms with van der Waals surface area (Å²) >= 11 is 7.06. The van der Waals surface area contributed by atoms with Crippen LogP contribution in [-0.2, 0) is 0 Å². The molecule has 0 bridgehead atoms. The number of oxime groups is 1. The van der Waals surface area contributed by atoms with Gasteiger partial charge in [-0.15, -0.1) is 0 Å². The van der Waals surface area contributed by atoms with Crippen molar-refractivity contribution in [3.63, 3.8) is 0 Å². The Labute approximate surface area is 118 Å². The van der Waals surface area contributed by atoms with Crippen LogP contribution in [0, 0.1) is 5.82 Å². The second-order valence-electron chi connectivity index (χ2n) is 3.52. The number of pyridine rings is 1. The predicted octanol–water partition coefficient (Wildman–Crippen LogP) is 3.12. The highest BCUT2D eigenvalue weighted by atomic mass is 35.5. The van der Waals surface area contributed by atoms with E-state index in [2.05, 4.69) is 10.1 Å². The van der Waals surface area contributed by atoms with E-state index in [1.54, 1.807) is 24.4 Å². The molecule has 0 aliphatic carbocycles. The molecule has 0 fully saturated rings. The van der Waals surface area contributed by atoms with Gasteiger partial charge in [0.2, 0.25) is 0 Å². The Balaban J connectivity index is 2.30. The maximum absolute atomic E-state index is 13.9. The van der Waals surface area contributed by atoms with Gasteiger partial charge in [0.25, 0.3) is 0 Å². The van der Waals surface area contributed by atoms with E-state index in [1.807, 2.05) is 0 Å². The Morgan fingerprint density at radius 3 is 2.84 bits per heavy atom. The SMILES string of the molecule is NC(=NO)c1ccc(Sc2ncccc2Cl)c(F)c1. The van der Waals surface area contributed by atoms with Crippen molar-refractivity contribution in [1.29, 1.82) is 0 Å². The largest absolute Gasteiger partial charge is 0.409 e. The van der Waals surface area contributed by atoms with E-state index in [1.165, 1.54) is 12.1 Å². The molecule has 0 spiro atoms. The van der Waals surface area contributed by atoms with Crippen LogP contribution in [0.25, 0.3) is 0 Å². The van der Waals surface area contributed by atoms with Crippen LogP contribution in [0.2, 0.25) is 5.02 Å². The van der Waals surface area contributed by atoms with Crippen molar-refractivity contribution in [3.8, 4) is 0 Å². The molecule has 98 valence electrons. The molecular formula is C12H9ClFN3OS. The van der Waals surface area contributed by atoms with Gasteiger partial charge in [-0.05, 0) is 30.3 Å². The van der Waals surface area contributed by atoms with E-state index < -0.39 is 5.82 Å². The third-order valence-corrected chi connectivity index (χ3v) is 3.75. The van der Waals surface area contributed by atoms with Crippen LogP contribution in [0.5, 0.6) is 0 Å². The summed E-state index contributed by atoms with van der Waals surface area (Å²) in [6, 6.07) is 7.65. The summed E-state index contributed by atoms with van der Waals surface area (Å²) in [4.78, 5) is 4.42. The van der Waals surface area contributed by atoms with Crippen molar-refractivity contribution in [1.82, 2.24) is 4.98 Å². The lowest BCUT2D eigenvalue weighted by atomic mass is 10.2. The number of amidine groups is 1. The molecule has 2 aromatic rings. The van der Waals surface area contributed by atoms with Crippen molar-refractivity contribution in [2.45, 2.75) is 9.92 Å². The molecule has 2 rings (SSSR count). The normalized spacial score (nSPS) is 11.6. The Hall–Kier alpha value is -1.79. The Morgan fingerprint density at radius 2 is 2.21 bits per heavy atom. The second kappa shape index (κ2) is 5.90. The zero-order valence-electron chi connectivity index (χ0n) is 9.55. The number of halogens is 2. The van der Waals surface area contributed by atoms with Gasteiger partial charge in [-0.2, -0.15) is 0 Å². The van der Waals surface area contributed by atoms with Crippen molar-refractivity contribution in [2.75, 3.05) is 0 Å². The van der Waals surface area contributed by atoms with Gasteiger partial charge in [0, 0.05) is 16.7 Å². The molecular weight excluding hydrogens is 289 g/mol. The molecule has 19 heavy (non-hydrogen) atoms. The standard InChI is InChI=1S/C12H9ClFN3OS/c13-8-2-1-5-16-12(8)19-10-4-3-7(6-9(10)14)11(15)17-18/h1-6,18H,(H2,15,17). The Morgan fingerprint density at radius 1 is 1.42 bits per heavy atom. The minimum absolute atomic E-state index is 0.147. The number of rotatable bonds is 3. The van der Waals surface area contributed by atoms with E-state index in [4.69, 9.17) is 22.5 Å². The first kappa shape index (κ1) is 13.6. The van der Waals surface area contributed by atoms with Gasteiger partial charge in [0.15, 0.2) is 5.84 Å². The molecule has 0 saturated heterocycles. The number of hydrogen-bond acceptors (Lipinski definition) is 4. The van der Waals surface area contributed by atoms with Gasteiger partial charge in [0.1, 0.15) is 10.8 Å². The van der Waals surface area contributed by atoms with Crippen LogP contribution in [-0.4, -0.2) is 16.0 Å². The van der Waals surface area contributed by atoms with Gasteiger partial charge >= 0.3 is 0 Å². The minimum Gasteiger partial charge on any atom is -0.409 e. The van der Waals surface area contributed by atoms with Crippen molar-refractivity contribution in [3.05, 3.63) is 52.9 Å². The number of benzene rings is 1. The van der Waals surface area contributed by atoms with Crippen LogP contribution in [0.1, 0.15) is 5.56 Å². The Kier molecular flexibility index (Phi) is 4.24. The highest BCUT2D eigenvalue weighted by molar-refractivity contribution is 7.99. The molecule has 4 nitrogen and oxygen atoms in total. The summed E-state index contributed by atoms with van der Waals surface area (Å²) in [5, 5.41) is 12.3. The fourth-order valence-corrected chi connectivity index (χ4v) is 2.37. The number of hydrogen-bond donors (Lipinski definition) is 2. The third kappa shape index (κ3) is 3.15. The lowest BCUT2D eigenvalue weighted by Gasteiger charge is -2.05. The van der Waals surface area contributed by atoms with Crippen molar-refractivity contribution in [2.24, 2.45) is 10.9 Å². The monoisotopic (exact) mass is 297 g/mol. The van der Waals surface area contributed by atoms with Crippen LogP contribution < -0.4 is 5.73 Å². The molecule has 0 amide bonds. The fourth-order valence-electron chi connectivity index (χ4n) is 1.35.